The number of halogens is 2. The van der Waals surface area contributed by atoms with Gasteiger partial charge in [-0.25, -0.2) is 4.79 Å². The van der Waals surface area contributed by atoms with E-state index in [0.717, 1.165) is 47.7 Å². The molecule has 0 radical (unpaired) electrons. The van der Waals surface area contributed by atoms with E-state index in [2.05, 4.69) is 21.2 Å². The first-order valence-electron chi connectivity index (χ1n) is 19.1. The number of fused-ring (bicyclic) bond motifs is 8. The number of esters is 3. The van der Waals surface area contributed by atoms with E-state index >= 15 is 0 Å². The summed E-state index contributed by atoms with van der Waals surface area (Å²) in [5.74, 6) is -1.03. The maximum Gasteiger partial charge on any atom is 0.340 e. The second kappa shape index (κ2) is 16.3. The zero-order chi connectivity index (χ0) is 40.6. The Labute approximate surface area is 341 Å². The molecule has 0 aromatic heterocycles. The highest BCUT2D eigenvalue weighted by atomic mass is 79.9. The lowest BCUT2D eigenvalue weighted by atomic mass is 9.69. The van der Waals surface area contributed by atoms with Crippen molar-refractivity contribution in [3.63, 3.8) is 0 Å². The van der Waals surface area contributed by atoms with Gasteiger partial charge in [0.05, 0.1) is 21.4 Å². The van der Waals surface area contributed by atoms with E-state index in [-0.39, 0.29) is 35.9 Å². The van der Waals surface area contributed by atoms with E-state index in [0.29, 0.717) is 51.1 Å². The average Bonchev–Trinajstić information content (AvgIpc) is 3.41. The molecule has 0 bridgehead atoms. The summed E-state index contributed by atoms with van der Waals surface area (Å²) >= 11 is 11.0. The van der Waals surface area contributed by atoms with Gasteiger partial charge in [-0.05, 0) is 113 Å². The van der Waals surface area contributed by atoms with E-state index < -0.39 is 34.3 Å². The first-order valence-corrected chi connectivity index (χ1v) is 20.3. The number of unbranched alkanes of at least 4 members (excludes halogenated alkanes) is 3. The topological polar surface area (TPSA) is 117 Å². The first-order chi connectivity index (χ1) is 26.5. The number of benzene rings is 4. The molecule has 0 fully saturated rings. The molecule has 1 amide bonds. The molecular weight excluding hydrogens is 798 g/mol. The predicted molar refractivity (Wildman–Crippen MR) is 220 cm³/mol. The minimum absolute atomic E-state index is 0.107. The van der Waals surface area contributed by atoms with Gasteiger partial charge < -0.3 is 24.3 Å². The summed E-state index contributed by atoms with van der Waals surface area (Å²) < 4.78 is 24.7. The fourth-order valence-electron chi connectivity index (χ4n) is 7.28. The van der Waals surface area contributed by atoms with Crippen molar-refractivity contribution in [1.82, 2.24) is 5.32 Å². The van der Waals surface area contributed by atoms with Crippen LogP contribution in [0, 0.1) is 10.8 Å². The van der Waals surface area contributed by atoms with Crippen molar-refractivity contribution in [2.75, 3.05) is 20.3 Å². The molecule has 1 aliphatic heterocycles. The maximum atomic E-state index is 14.0. The molecule has 1 aliphatic carbocycles. The summed E-state index contributed by atoms with van der Waals surface area (Å²) in [6, 6.07) is 16.7. The van der Waals surface area contributed by atoms with Crippen LogP contribution < -0.4 is 14.8 Å². The third-order valence-corrected chi connectivity index (χ3v) is 11.1. The molecule has 4 aromatic rings. The normalized spacial score (nSPS) is 15.9. The summed E-state index contributed by atoms with van der Waals surface area (Å²) in [7, 11) is 1.69. The molecule has 0 saturated carbocycles. The van der Waals surface area contributed by atoms with Crippen LogP contribution in [0.2, 0.25) is 5.02 Å². The monoisotopic (exact) mass is 845 g/mol. The van der Waals surface area contributed by atoms with Crippen LogP contribution in [0.4, 0.5) is 0 Å². The van der Waals surface area contributed by atoms with Crippen molar-refractivity contribution >= 4 is 62.1 Å². The van der Waals surface area contributed by atoms with Gasteiger partial charge in [0.2, 0.25) is 5.91 Å². The van der Waals surface area contributed by atoms with Crippen molar-refractivity contribution in [2.45, 2.75) is 92.1 Å². The zero-order valence-corrected chi connectivity index (χ0v) is 35.4. The molecule has 1 unspecified atom stereocenters. The number of methoxy groups -OCH3 is 1. The summed E-state index contributed by atoms with van der Waals surface area (Å²) in [6.07, 6.45) is 4.37. The molecule has 296 valence electrons. The van der Waals surface area contributed by atoms with E-state index in [1.807, 2.05) is 42.5 Å². The van der Waals surface area contributed by atoms with E-state index in [9.17, 15) is 19.2 Å². The van der Waals surface area contributed by atoms with Gasteiger partial charge in [0, 0.05) is 59.7 Å². The summed E-state index contributed by atoms with van der Waals surface area (Å²) in [5.41, 5.74) is 1.02. The SMILES string of the molecule is COCCCCCCNC(=O)CCc1cc2c(c(Cl)c1OC(=O)C(C)(C)C)Cc1cc(OC(=O)C(C)(C)C)c3ccccc3c1C21OC(=O)c2ccc(Br)cc21. The van der Waals surface area contributed by atoms with E-state index in [1.54, 1.807) is 60.8 Å². The Morgan fingerprint density at radius 2 is 1.55 bits per heavy atom. The number of amides is 1. The molecule has 1 N–H and O–H groups in total. The number of hydrogen-bond acceptors (Lipinski definition) is 8. The van der Waals surface area contributed by atoms with Crippen molar-refractivity contribution in [1.29, 1.82) is 0 Å². The highest BCUT2D eigenvalue weighted by Crippen LogP contribution is 2.58. The van der Waals surface area contributed by atoms with Crippen molar-refractivity contribution in [3.8, 4) is 11.5 Å². The Bertz CT molecular complexity index is 2220. The molecule has 1 heterocycles. The number of carbonyl (C=O) groups excluding carboxylic acids is 4. The number of carbonyl (C=O) groups is 4. The average molecular weight is 847 g/mol. The Morgan fingerprint density at radius 3 is 2.25 bits per heavy atom. The fourth-order valence-corrected chi connectivity index (χ4v) is 7.97. The Hall–Kier alpha value is -4.25. The van der Waals surface area contributed by atoms with Gasteiger partial charge in [0.1, 0.15) is 5.75 Å². The molecule has 11 heteroatoms. The van der Waals surface area contributed by atoms with Crippen molar-refractivity contribution in [2.24, 2.45) is 10.8 Å². The van der Waals surface area contributed by atoms with Gasteiger partial charge in [-0.3, -0.25) is 14.4 Å². The van der Waals surface area contributed by atoms with Crippen LogP contribution >= 0.6 is 27.5 Å². The van der Waals surface area contributed by atoms with Gasteiger partial charge >= 0.3 is 17.9 Å². The molecule has 56 heavy (non-hydrogen) atoms. The van der Waals surface area contributed by atoms with Crippen LogP contribution in [0.3, 0.4) is 0 Å². The van der Waals surface area contributed by atoms with Crippen LogP contribution in [-0.2, 0) is 42.3 Å². The lowest BCUT2D eigenvalue weighted by Gasteiger charge is -2.39. The van der Waals surface area contributed by atoms with Crippen LogP contribution in [0.25, 0.3) is 10.8 Å². The molecule has 4 aromatic carbocycles. The largest absolute Gasteiger partial charge is 0.441 e. The Balaban J connectivity index is 1.52. The molecule has 0 saturated heterocycles. The molecule has 6 rings (SSSR count). The molecule has 9 nitrogen and oxygen atoms in total. The highest BCUT2D eigenvalue weighted by Gasteiger charge is 2.54. The number of hydrogen-bond donors (Lipinski definition) is 1. The smallest absolute Gasteiger partial charge is 0.340 e. The standard InChI is InChI=1S/C45H49BrClNO8/c1-43(2,3)41(51)54-35-24-27-22-32-33(45(37(27)30-15-11-10-14-29(30)35)34-25-28(46)17-18-31(34)40(50)56-45)23-26(39(38(32)47)55-42(52)44(4,5)6)16-19-36(49)48-20-12-8-9-13-21-53-7/h10-11,14-15,17-18,23-25H,8-9,12-13,16,19-22H2,1-7H3,(H,48,49). The summed E-state index contributed by atoms with van der Waals surface area (Å²) in [4.78, 5) is 54.0. The van der Waals surface area contributed by atoms with Crippen LogP contribution in [0.15, 0.2) is 59.1 Å². The Morgan fingerprint density at radius 1 is 0.875 bits per heavy atom. The van der Waals surface area contributed by atoms with Crippen LogP contribution in [-0.4, -0.2) is 44.1 Å². The number of rotatable bonds is 12. The lowest BCUT2D eigenvalue weighted by molar-refractivity contribution is -0.143. The van der Waals surface area contributed by atoms with Crippen molar-refractivity contribution < 1.29 is 38.1 Å². The highest BCUT2D eigenvalue weighted by molar-refractivity contribution is 9.10. The number of nitrogens with one attached hydrogen (secondary N) is 1. The number of aryl methyl sites for hydroxylation is 1. The van der Waals surface area contributed by atoms with Gasteiger partial charge in [-0.2, -0.15) is 0 Å². The quantitative estimate of drug-likeness (QED) is 0.0852. The third kappa shape index (κ3) is 8.11. The molecular formula is C45H49BrClNO8. The maximum absolute atomic E-state index is 14.0. The van der Waals surface area contributed by atoms with Gasteiger partial charge in [-0.1, -0.05) is 64.6 Å². The van der Waals surface area contributed by atoms with Crippen molar-refractivity contribution in [3.05, 3.63) is 103 Å². The second-order valence-corrected chi connectivity index (χ2v) is 17.9. The second-order valence-electron chi connectivity index (χ2n) is 16.6. The Kier molecular flexibility index (Phi) is 12.1. The summed E-state index contributed by atoms with van der Waals surface area (Å²) in [5, 5.41) is 4.60. The molecule has 2 aliphatic rings. The van der Waals surface area contributed by atoms with Crippen LogP contribution in [0.5, 0.6) is 11.5 Å². The van der Waals surface area contributed by atoms with Gasteiger partial charge in [0.15, 0.2) is 11.4 Å². The minimum Gasteiger partial charge on any atom is -0.441 e. The molecule has 1 spiro atoms. The minimum atomic E-state index is -1.50. The predicted octanol–water partition coefficient (Wildman–Crippen LogP) is 9.78. The third-order valence-electron chi connectivity index (χ3n) is 10.3. The fraction of sp³-hybridized carbons (Fsp3) is 0.422. The summed E-state index contributed by atoms with van der Waals surface area (Å²) in [6.45, 7) is 11.9. The molecule has 1 atom stereocenters. The van der Waals surface area contributed by atoms with Gasteiger partial charge in [0.25, 0.3) is 0 Å². The van der Waals surface area contributed by atoms with Crippen LogP contribution in [0.1, 0.15) is 117 Å². The number of ether oxygens (including phenoxy) is 4. The van der Waals surface area contributed by atoms with Gasteiger partial charge in [-0.15, -0.1) is 0 Å². The lowest BCUT2D eigenvalue weighted by Crippen LogP contribution is -2.36. The zero-order valence-electron chi connectivity index (χ0n) is 33.1. The first kappa shape index (κ1) is 41.4. The van der Waals surface area contributed by atoms with E-state index in [4.69, 9.17) is 30.5 Å². The van der Waals surface area contributed by atoms with E-state index in [1.165, 1.54) is 0 Å².